The fourth-order valence-electron chi connectivity index (χ4n) is 3.46. The Hall–Kier alpha value is -4.48. The molecule has 172 valence electrons. The van der Waals surface area contributed by atoms with Gasteiger partial charge in [0.05, 0.1) is 22.6 Å². The van der Waals surface area contributed by atoms with Crippen LogP contribution in [0.2, 0.25) is 0 Å². The van der Waals surface area contributed by atoms with Crippen molar-refractivity contribution in [3.63, 3.8) is 0 Å². The fraction of sp³-hybridized carbons (Fsp3) is 0.136. The molecule has 5 rings (SSSR count). The van der Waals surface area contributed by atoms with Gasteiger partial charge in [-0.15, -0.1) is 0 Å². The SMILES string of the molecule is Cc1cc(Nc2cc3[nH]c(-c4ccnc(NCC(F)(F)F)n4)cc3cn2)cc(-n2cncn2)c1. The summed E-state index contributed by atoms with van der Waals surface area (Å²) in [6.07, 6.45) is 1.85. The first-order chi connectivity index (χ1) is 16.3. The zero-order valence-electron chi connectivity index (χ0n) is 17.8. The van der Waals surface area contributed by atoms with Gasteiger partial charge in [0.25, 0.3) is 0 Å². The van der Waals surface area contributed by atoms with E-state index in [4.69, 9.17) is 0 Å². The average molecular weight is 465 g/mol. The lowest BCUT2D eigenvalue weighted by Crippen LogP contribution is -2.22. The Kier molecular flexibility index (Phi) is 5.32. The van der Waals surface area contributed by atoms with Gasteiger partial charge in [0.2, 0.25) is 5.95 Å². The van der Waals surface area contributed by atoms with E-state index in [1.165, 1.54) is 12.5 Å². The Morgan fingerprint density at radius 3 is 2.76 bits per heavy atom. The van der Waals surface area contributed by atoms with E-state index in [2.05, 4.69) is 40.7 Å². The molecule has 4 heterocycles. The molecule has 0 amide bonds. The van der Waals surface area contributed by atoms with Crippen molar-refractivity contribution in [2.75, 3.05) is 17.2 Å². The van der Waals surface area contributed by atoms with E-state index < -0.39 is 12.7 Å². The third-order valence-corrected chi connectivity index (χ3v) is 4.90. The van der Waals surface area contributed by atoms with E-state index in [9.17, 15) is 13.2 Å². The Labute approximate surface area is 191 Å². The molecular weight excluding hydrogens is 447 g/mol. The van der Waals surface area contributed by atoms with Crippen molar-refractivity contribution < 1.29 is 13.2 Å². The number of nitrogens with zero attached hydrogens (tertiary/aromatic N) is 6. The van der Waals surface area contributed by atoms with Crippen LogP contribution in [0.1, 0.15) is 5.56 Å². The Bertz CT molecular complexity index is 1440. The molecule has 0 aliphatic rings. The van der Waals surface area contributed by atoms with Crippen LogP contribution >= 0.6 is 0 Å². The molecule has 9 nitrogen and oxygen atoms in total. The Morgan fingerprint density at radius 1 is 1.09 bits per heavy atom. The van der Waals surface area contributed by atoms with Crippen molar-refractivity contribution >= 4 is 28.4 Å². The predicted octanol–water partition coefficient (Wildman–Crippen LogP) is 4.63. The van der Waals surface area contributed by atoms with Crippen molar-refractivity contribution in [1.29, 1.82) is 0 Å². The number of aryl methyl sites for hydroxylation is 1. The van der Waals surface area contributed by atoms with Crippen LogP contribution < -0.4 is 10.6 Å². The Morgan fingerprint density at radius 2 is 1.97 bits per heavy atom. The van der Waals surface area contributed by atoms with Gasteiger partial charge in [-0.05, 0) is 42.8 Å². The number of hydrogen-bond donors (Lipinski definition) is 3. The van der Waals surface area contributed by atoms with Gasteiger partial charge >= 0.3 is 6.18 Å². The Balaban J connectivity index is 1.39. The quantitative estimate of drug-likeness (QED) is 0.336. The molecule has 12 heteroatoms. The molecule has 0 fully saturated rings. The minimum atomic E-state index is -4.36. The van der Waals surface area contributed by atoms with Gasteiger partial charge in [0.15, 0.2) is 0 Å². The van der Waals surface area contributed by atoms with Crippen LogP contribution in [-0.4, -0.2) is 47.4 Å². The second kappa shape index (κ2) is 8.46. The zero-order chi connectivity index (χ0) is 23.7. The van der Waals surface area contributed by atoms with Crippen molar-refractivity contribution in [2.45, 2.75) is 13.1 Å². The molecule has 0 unspecified atom stereocenters. The predicted molar refractivity (Wildman–Crippen MR) is 121 cm³/mol. The third-order valence-electron chi connectivity index (χ3n) is 4.90. The molecule has 1 aromatic carbocycles. The topological polar surface area (TPSA) is 109 Å². The molecular formula is C22H18F3N9. The first kappa shape index (κ1) is 21.4. The summed E-state index contributed by atoms with van der Waals surface area (Å²) in [6, 6.07) is 11.2. The first-order valence-corrected chi connectivity index (χ1v) is 10.2. The molecule has 4 aromatic heterocycles. The molecule has 0 bridgehead atoms. The van der Waals surface area contributed by atoms with Gasteiger partial charge in [-0.1, -0.05) is 0 Å². The number of nitrogens with one attached hydrogen (secondary N) is 3. The summed E-state index contributed by atoms with van der Waals surface area (Å²) >= 11 is 0. The molecule has 34 heavy (non-hydrogen) atoms. The molecule has 3 N–H and O–H groups in total. The lowest BCUT2D eigenvalue weighted by molar-refractivity contribution is -0.115. The summed E-state index contributed by atoms with van der Waals surface area (Å²) in [4.78, 5) is 19.7. The minimum Gasteiger partial charge on any atom is -0.353 e. The van der Waals surface area contributed by atoms with Crippen LogP contribution in [0, 0.1) is 6.92 Å². The maximum Gasteiger partial charge on any atom is 0.405 e. The van der Waals surface area contributed by atoms with Crippen LogP contribution in [0.5, 0.6) is 0 Å². The standard InChI is InChI=1S/C22H18F3N9/c1-13-4-15(7-16(5-13)34-12-26-11-30-34)31-20-8-18-14(9-28-20)6-19(32-18)17-2-3-27-21(33-17)29-10-22(23,24)25/h2-9,11-12,32H,10H2,1H3,(H,28,31)(H,27,29,33). The van der Waals surface area contributed by atoms with Crippen LogP contribution in [0.4, 0.5) is 30.6 Å². The van der Waals surface area contributed by atoms with Gasteiger partial charge in [-0.25, -0.2) is 24.6 Å². The van der Waals surface area contributed by atoms with E-state index >= 15 is 0 Å². The maximum atomic E-state index is 12.5. The summed E-state index contributed by atoms with van der Waals surface area (Å²) in [5, 5.41) is 10.5. The van der Waals surface area contributed by atoms with Gasteiger partial charge in [0, 0.05) is 29.5 Å². The normalized spacial score (nSPS) is 11.6. The number of alkyl halides is 3. The van der Waals surface area contributed by atoms with E-state index in [1.54, 1.807) is 23.3 Å². The van der Waals surface area contributed by atoms with Gasteiger partial charge in [-0.3, -0.25) is 0 Å². The zero-order valence-corrected chi connectivity index (χ0v) is 17.8. The molecule has 0 radical (unpaired) electrons. The molecule has 0 aliphatic carbocycles. The highest BCUT2D eigenvalue weighted by atomic mass is 19.4. The smallest absolute Gasteiger partial charge is 0.353 e. The van der Waals surface area contributed by atoms with Gasteiger partial charge < -0.3 is 15.6 Å². The maximum absolute atomic E-state index is 12.5. The van der Waals surface area contributed by atoms with E-state index in [0.29, 0.717) is 17.2 Å². The third kappa shape index (κ3) is 4.80. The lowest BCUT2D eigenvalue weighted by Gasteiger charge is -2.09. The highest BCUT2D eigenvalue weighted by Crippen LogP contribution is 2.26. The number of halogens is 3. The number of H-pyrrole nitrogens is 1. The summed E-state index contributed by atoms with van der Waals surface area (Å²) < 4.78 is 39.1. The second-order valence-corrected chi connectivity index (χ2v) is 7.60. The lowest BCUT2D eigenvalue weighted by atomic mass is 10.2. The van der Waals surface area contributed by atoms with Crippen molar-refractivity contribution in [1.82, 2.24) is 34.7 Å². The van der Waals surface area contributed by atoms with Crippen LogP contribution in [0.15, 0.2) is 61.4 Å². The average Bonchev–Trinajstić information content (AvgIpc) is 3.47. The highest BCUT2D eigenvalue weighted by Gasteiger charge is 2.27. The number of rotatable bonds is 6. The number of pyridine rings is 1. The van der Waals surface area contributed by atoms with Crippen LogP contribution in [0.3, 0.4) is 0 Å². The molecule has 0 atom stereocenters. The van der Waals surface area contributed by atoms with E-state index in [-0.39, 0.29) is 5.95 Å². The summed E-state index contributed by atoms with van der Waals surface area (Å²) in [7, 11) is 0. The summed E-state index contributed by atoms with van der Waals surface area (Å²) in [5.41, 5.74) is 4.62. The number of anilines is 3. The molecule has 0 spiro atoms. The number of fused-ring (bicyclic) bond motifs is 1. The van der Waals surface area contributed by atoms with E-state index in [1.807, 2.05) is 37.3 Å². The number of hydrogen-bond acceptors (Lipinski definition) is 7. The molecule has 0 saturated carbocycles. The van der Waals surface area contributed by atoms with Crippen LogP contribution in [-0.2, 0) is 0 Å². The van der Waals surface area contributed by atoms with E-state index in [0.717, 1.165) is 27.8 Å². The van der Waals surface area contributed by atoms with Crippen molar-refractivity contribution in [3.05, 3.63) is 67.0 Å². The van der Waals surface area contributed by atoms with Crippen molar-refractivity contribution in [2.24, 2.45) is 0 Å². The monoisotopic (exact) mass is 465 g/mol. The molecule has 0 saturated heterocycles. The fourth-order valence-corrected chi connectivity index (χ4v) is 3.46. The number of aromatic amines is 1. The largest absolute Gasteiger partial charge is 0.405 e. The molecule has 5 aromatic rings. The van der Waals surface area contributed by atoms with Crippen molar-refractivity contribution in [3.8, 4) is 17.1 Å². The minimum absolute atomic E-state index is 0.100. The first-order valence-electron chi connectivity index (χ1n) is 10.2. The number of aromatic nitrogens is 7. The van der Waals surface area contributed by atoms with Gasteiger partial charge in [0.1, 0.15) is 25.0 Å². The summed E-state index contributed by atoms with van der Waals surface area (Å²) in [6.45, 7) is 0.777. The second-order valence-electron chi connectivity index (χ2n) is 7.60. The molecule has 0 aliphatic heterocycles. The highest BCUT2D eigenvalue weighted by molar-refractivity contribution is 5.86. The summed E-state index contributed by atoms with van der Waals surface area (Å²) in [5.74, 6) is 0.517. The van der Waals surface area contributed by atoms with Gasteiger partial charge in [-0.2, -0.15) is 18.3 Å². The van der Waals surface area contributed by atoms with Crippen LogP contribution in [0.25, 0.3) is 28.0 Å². The number of benzene rings is 1.